The highest BCUT2D eigenvalue weighted by Crippen LogP contribution is 2.42. The van der Waals surface area contributed by atoms with Crippen molar-refractivity contribution in [3.8, 4) is 0 Å². The Bertz CT molecular complexity index is 912. The van der Waals surface area contributed by atoms with E-state index >= 15 is 0 Å². The van der Waals surface area contributed by atoms with Gasteiger partial charge in [-0.15, -0.1) is 0 Å². The van der Waals surface area contributed by atoms with Gasteiger partial charge in [0.15, 0.2) is 15.0 Å². The van der Waals surface area contributed by atoms with Crippen molar-refractivity contribution in [2.45, 2.75) is 25.1 Å². The van der Waals surface area contributed by atoms with E-state index in [0.717, 1.165) is 16.8 Å². The molecule has 0 aromatic heterocycles. The second-order valence-corrected chi connectivity index (χ2v) is 10.00. The van der Waals surface area contributed by atoms with Crippen molar-refractivity contribution in [1.82, 2.24) is 0 Å². The van der Waals surface area contributed by atoms with Gasteiger partial charge in [-0.2, -0.15) is 4.99 Å². The van der Waals surface area contributed by atoms with Gasteiger partial charge in [-0.05, 0) is 31.0 Å². The third-order valence-corrected chi connectivity index (χ3v) is 7.57. The van der Waals surface area contributed by atoms with Gasteiger partial charge in [0.25, 0.3) is 5.91 Å². The maximum absolute atomic E-state index is 12.1. The van der Waals surface area contributed by atoms with Gasteiger partial charge >= 0.3 is 5.97 Å². The number of carbonyl (C=O) groups is 2. The van der Waals surface area contributed by atoms with Gasteiger partial charge in [0.2, 0.25) is 0 Å². The average molecular weight is 412 g/mol. The second-order valence-electron chi connectivity index (χ2n) is 6.64. The zero-order valence-corrected chi connectivity index (χ0v) is 16.5. The molecular formula is C17H20N2O6S2. The minimum atomic E-state index is -3.14. The number of hydrogen-bond donors (Lipinski definition) is 1. The van der Waals surface area contributed by atoms with Crippen LogP contribution in [-0.4, -0.2) is 66.6 Å². The highest BCUT2D eigenvalue weighted by Gasteiger charge is 2.49. The largest absolute Gasteiger partial charge is 0.480 e. The minimum absolute atomic E-state index is 0.0147. The van der Waals surface area contributed by atoms with E-state index in [1.165, 1.54) is 11.8 Å². The molecule has 0 bridgehead atoms. The van der Waals surface area contributed by atoms with Crippen LogP contribution in [0.4, 0.5) is 5.69 Å². The van der Waals surface area contributed by atoms with Gasteiger partial charge < -0.3 is 14.7 Å². The number of benzene rings is 1. The third-order valence-electron chi connectivity index (χ3n) is 4.36. The SMILES string of the molecule is Cc1ccc(C)c(N2C(=NC(=O)COCC(=O)O)S[C@@H]3CS(=O)(=O)C[C@@H]32)c1. The number of aliphatic carboxylic acids is 1. The smallest absolute Gasteiger partial charge is 0.329 e. The molecule has 1 aromatic rings. The molecule has 10 heteroatoms. The normalized spacial score (nSPS) is 25.0. The number of thioether (sulfide) groups is 1. The molecule has 0 radical (unpaired) electrons. The summed E-state index contributed by atoms with van der Waals surface area (Å²) in [7, 11) is -3.14. The highest BCUT2D eigenvalue weighted by atomic mass is 32.2. The number of aliphatic imine (C=N–C) groups is 1. The van der Waals surface area contributed by atoms with E-state index in [0.29, 0.717) is 5.17 Å². The third kappa shape index (κ3) is 4.50. The van der Waals surface area contributed by atoms with Crippen molar-refractivity contribution in [2.75, 3.05) is 29.6 Å². The average Bonchev–Trinajstić information content (AvgIpc) is 3.00. The molecule has 1 aromatic carbocycles. The van der Waals surface area contributed by atoms with E-state index in [1.807, 2.05) is 36.9 Å². The first-order valence-electron chi connectivity index (χ1n) is 8.31. The molecular weight excluding hydrogens is 392 g/mol. The number of hydrogen-bond acceptors (Lipinski definition) is 6. The van der Waals surface area contributed by atoms with Crippen molar-refractivity contribution >= 4 is 44.3 Å². The van der Waals surface area contributed by atoms with Gasteiger partial charge in [0.1, 0.15) is 13.2 Å². The molecule has 2 aliphatic rings. The predicted octanol–water partition coefficient (Wildman–Crippen LogP) is 1.01. The van der Waals surface area contributed by atoms with Crippen LogP contribution in [0.25, 0.3) is 0 Å². The Morgan fingerprint density at radius 2 is 2.04 bits per heavy atom. The van der Waals surface area contributed by atoms with Gasteiger partial charge in [-0.3, -0.25) is 4.79 Å². The monoisotopic (exact) mass is 412 g/mol. The number of nitrogens with zero attached hydrogens (tertiary/aromatic N) is 2. The van der Waals surface area contributed by atoms with Crippen molar-refractivity contribution < 1.29 is 27.9 Å². The number of amides is 1. The van der Waals surface area contributed by atoms with E-state index in [-0.39, 0.29) is 22.8 Å². The lowest BCUT2D eigenvalue weighted by Crippen LogP contribution is -2.38. The summed E-state index contributed by atoms with van der Waals surface area (Å²) in [5.41, 5.74) is 2.79. The fourth-order valence-electron chi connectivity index (χ4n) is 3.19. The first-order valence-corrected chi connectivity index (χ1v) is 11.0. The molecule has 0 unspecified atom stereocenters. The van der Waals surface area contributed by atoms with Crippen LogP contribution < -0.4 is 4.90 Å². The van der Waals surface area contributed by atoms with Crippen molar-refractivity contribution in [3.05, 3.63) is 29.3 Å². The van der Waals surface area contributed by atoms with Crippen LogP contribution in [0, 0.1) is 13.8 Å². The van der Waals surface area contributed by atoms with Gasteiger partial charge in [0.05, 0.1) is 17.5 Å². The van der Waals surface area contributed by atoms with Crippen LogP contribution >= 0.6 is 11.8 Å². The zero-order chi connectivity index (χ0) is 19.8. The number of ether oxygens (including phenoxy) is 1. The zero-order valence-electron chi connectivity index (χ0n) is 14.9. The van der Waals surface area contributed by atoms with Gasteiger partial charge in [-0.25, -0.2) is 13.2 Å². The Hall–Kier alpha value is -1.91. The number of aryl methyl sites for hydroxylation is 2. The van der Waals surface area contributed by atoms with Crippen LogP contribution in [0.15, 0.2) is 23.2 Å². The molecule has 2 heterocycles. The van der Waals surface area contributed by atoms with Crippen molar-refractivity contribution in [1.29, 1.82) is 0 Å². The number of amidine groups is 1. The van der Waals surface area contributed by atoms with Crippen molar-refractivity contribution in [3.63, 3.8) is 0 Å². The molecule has 0 aliphatic carbocycles. The lowest BCUT2D eigenvalue weighted by Gasteiger charge is -2.26. The number of fused-ring (bicyclic) bond motifs is 1. The molecule has 2 fully saturated rings. The molecule has 2 saturated heterocycles. The Balaban J connectivity index is 1.91. The van der Waals surface area contributed by atoms with Gasteiger partial charge in [0, 0.05) is 10.9 Å². The number of carboxylic acid groups (broad SMARTS) is 1. The topological polar surface area (TPSA) is 113 Å². The molecule has 1 N–H and O–H groups in total. The molecule has 2 atom stereocenters. The van der Waals surface area contributed by atoms with Gasteiger partial charge in [-0.1, -0.05) is 23.9 Å². The quantitative estimate of drug-likeness (QED) is 0.762. The summed E-state index contributed by atoms with van der Waals surface area (Å²) in [4.78, 5) is 28.5. The minimum Gasteiger partial charge on any atom is -0.480 e. The number of rotatable bonds is 5. The molecule has 3 rings (SSSR count). The van der Waals surface area contributed by atoms with Crippen LogP contribution in [-0.2, 0) is 24.2 Å². The maximum atomic E-state index is 12.1. The first kappa shape index (κ1) is 19.8. The second kappa shape index (κ2) is 7.61. The standard InChI is InChI=1S/C17H20N2O6S2/c1-10-3-4-11(2)12(5-10)19-13-8-27(23,24)9-14(13)26-17(19)18-15(20)6-25-7-16(21)22/h3-5,13-14H,6-9H2,1-2H3,(H,21,22)/t13-,14+/m0/s1. The highest BCUT2D eigenvalue weighted by molar-refractivity contribution is 8.16. The number of carbonyl (C=O) groups excluding carboxylic acids is 1. The number of sulfone groups is 1. The van der Waals surface area contributed by atoms with Crippen LogP contribution in [0.5, 0.6) is 0 Å². The summed E-state index contributed by atoms with van der Waals surface area (Å²) >= 11 is 1.27. The fraction of sp³-hybridized carbons (Fsp3) is 0.471. The van der Waals surface area contributed by atoms with E-state index in [2.05, 4.69) is 4.99 Å². The van der Waals surface area contributed by atoms with Crippen LogP contribution in [0.3, 0.4) is 0 Å². The number of anilines is 1. The predicted molar refractivity (Wildman–Crippen MR) is 103 cm³/mol. The van der Waals surface area contributed by atoms with Crippen LogP contribution in [0.2, 0.25) is 0 Å². The van der Waals surface area contributed by atoms with Crippen molar-refractivity contribution in [2.24, 2.45) is 4.99 Å². The maximum Gasteiger partial charge on any atom is 0.329 e. The van der Waals surface area contributed by atoms with E-state index in [9.17, 15) is 18.0 Å². The molecule has 2 aliphatic heterocycles. The first-order chi connectivity index (χ1) is 12.7. The summed E-state index contributed by atoms with van der Waals surface area (Å²) < 4.78 is 29.0. The molecule has 0 spiro atoms. The van der Waals surface area contributed by atoms with E-state index in [1.54, 1.807) is 0 Å². The van der Waals surface area contributed by atoms with E-state index in [4.69, 9.17) is 9.84 Å². The lowest BCUT2D eigenvalue weighted by molar-refractivity contribution is -0.143. The Morgan fingerprint density at radius 1 is 1.30 bits per heavy atom. The number of carboxylic acids is 1. The Morgan fingerprint density at radius 3 is 2.74 bits per heavy atom. The molecule has 0 saturated carbocycles. The fourth-order valence-corrected chi connectivity index (χ4v) is 7.11. The Kier molecular flexibility index (Phi) is 5.59. The summed E-state index contributed by atoms with van der Waals surface area (Å²) in [6.45, 7) is 2.85. The van der Waals surface area contributed by atoms with Crippen LogP contribution in [0.1, 0.15) is 11.1 Å². The summed E-state index contributed by atoms with van der Waals surface area (Å²) in [6, 6.07) is 5.57. The lowest BCUT2D eigenvalue weighted by atomic mass is 10.1. The molecule has 27 heavy (non-hydrogen) atoms. The molecule has 8 nitrogen and oxygen atoms in total. The summed E-state index contributed by atoms with van der Waals surface area (Å²) in [5, 5.41) is 8.81. The summed E-state index contributed by atoms with van der Waals surface area (Å²) in [6.07, 6.45) is 0. The molecule has 1 amide bonds. The summed E-state index contributed by atoms with van der Waals surface area (Å²) in [5.74, 6) is -1.70. The van der Waals surface area contributed by atoms with E-state index < -0.39 is 34.9 Å². The Labute approximate surface area is 161 Å². The molecule has 146 valence electrons.